The number of amides is 1. The number of para-hydroxylation sites is 1. The molecule has 1 amide bonds. The molecule has 2 unspecified atom stereocenters. The van der Waals surface area contributed by atoms with Crippen molar-refractivity contribution in [1.82, 2.24) is 4.90 Å². The standard InChI is InChI=1S/C15H18ClNO5S/c1-21-13-4-2-3-11-6-12(8-22-15(11)13)17-7-10(5-14(17)18)9-23(16,19)20/h2-4,10,12H,5-9H2,1H3. The predicted octanol–water partition coefficient (Wildman–Crippen LogP) is 1.42. The maximum Gasteiger partial charge on any atom is 0.232 e. The summed E-state index contributed by atoms with van der Waals surface area (Å²) in [6.45, 7) is 0.775. The first-order valence-electron chi connectivity index (χ1n) is 7.38. The molecule has 1 fully saturated rings. The zero-order chi connectivity index (χ0) is 16.6. The molecule has 2 aliphatic heterocycles. The van der Waals surface area contributed by atoms with Crippen molar-refractivity contribution in [2.75, 3.05) is 26.0 Å². The van der Waals surface area contributed by atoms with E-state index in [1.165, 1.54) is 0 Å². The summed E-state index contributed by atoms with van der Waals surface area (Å²) in [5.41, 5.74) is 0.988. The van der Waals surface area contributed by atoms with Crippen molar-refractivity contribution in [3.63, 3.8) is 0 Å². The van der Waals surface area contributed by atoms with E-state index in [-0.39, 0.29) is 30.0 Å². The second kappa shape index (κ2) is 6.20. The number of benzene rings is 1. The van der Waals surface area contributed by atoms with E-state index < -0.39 is 9.05 Å². The third-order valence-electron chi connectivity index (χ3n) is 4.27. The molecule has 0 aliphatic carbocycles. The highest BCUT2D eigenvalue weighted by Crippen LogP contribution is 2.36. The summed E-state index contributed by atoms with van der Waals surface area (Å²) in [6.07, 6.45) is 0.881. The van der Waals surface area contributed by atoms with E-state index in [2.05, 4.69) is 0 Å². The van der Waals surface area contributed by atoms with Crippen LogP contribution >= 0.6 is 10.7 Å². The van der Waals surface area contributed by atoms with Crippen LogP contribution in [0.4, 0.5) is 0 Å². The van der Waals surface area contributed by atoms with Crippen LogP contribution in [0.5, 0.6) is 11.5 Å². The lowest BCUT2D eigenvalue weighted by Crippen LogP contribution is -2.44. The zero-order valence-electron chi connectivity index (χ0n) is 12.7. The molecule has 2 atom stereocenters. The second-order valence-corrected chi connectivity index (χ2v) is 8.76. The first kappa shape index (κ1) is 16.4. The maximum absolute atomic E-state index is 12.2. The lowest BCUT2D eigenvalue weighted by Gasteiger charge is -2.33. The number of hydrogen-bond acceptors (Lipinski definition) is 5. The molecule has 0 bridgehead atoms. The average Bonchev–Trinajstić information content (AvgIpc) is 2.84. The number of hydrogen-bond donors (Lipinski definition) is 0. The summed E-state index contributed by atoms with van der Waals surface area (Å²) in [4.78, 5) is 13.9. The summed E-state index contributed by atoms with van der Waals surface area (Å²) in [5, 5.41) is 0. The molecule has 2 aliphatic rings. The molecule has 0 radical (unpaired) electrons. The number of ether oxygens (including phenoxy) is 2. The van der Waals surface area contributed by atoms with Crippen LogP contribution in [0, 0.1) is 5.92 Å². The van der Waals surface area contributed by atoms with Gasteiger partial charge in [0.1, 0.15) is 6.61 Å². The van der Waals surface area contributed by atoms with Gasteiger partial charge in [-0.05, 0) is 12.5 Å². The largest absolute Gasteiger partial charge is 0.493 e. The van der Waals surface area contributed by atoms with Gasteiger partial charge in [0, 0.05) is 35.1 Å². The van der Waals surface area contributed by atoms with Crippen molar-refractivity contribution in [3.05, 3.63) is 23.8 Å². The third kappa shape index (κ3) is 3.55. The molecule has 1 aromatic carbocycles. The summed E-state index contributed by atoms with van der Waals surface area (Å²) in [5.74, 6) is 0.930. The Hall–Kier alpha value is -1.47. The van der Waals surface area contributed by atoms with Crippen molar-refractivity contribution >= 4 is 25.6 Å². The van der Waals surface area contributed by atoms with Crippen LogP contribution in [-0.4, -0.2) is 51.3 Å². The van der Waals surface area contributed by atoms with Gasteiger partial charge >= 0.3 is 0 Å². The second-order valence-electron chi connectivity index (χ2n) is 5.94. The minimum Gasteiger partial charge on any atom is -0.493 e. The van der Waals surface area contributed by atoms with Gasteiger partial charge in [-0.2, -0.15) is 0 Å². The van der Waals surface area contributed by atoms with Crippen LogP contribution < -0.4 is 9.47 Å². The monoisotopic (exact) mass is 359 g/mol. The molecule has 0 N–H and O–H groups in total. The molecule has 126 valence electrons. The van der Waals surface area contributed by atoms with Gasteiger partial charge in [0.15, 0.2) is 11.5 Å². The highest BCUT2D eigenvalue weighted by Gasteiger charge is 2.38. The molecule has 6 nitrogen and oxygen atoms in total. The number of carbonyl (C=O) groups is 1. The Balaban J connectivity index is 1.73. The Morgan fingerprint density at radius 3 is 2.87 bits per heavy atom. The van der Waals surface area contributed by atoms with Gasteiger partial charge in [0.2, 0.25) is 15.0 Å². The van der Waals surface area contributed by atoms with E-state index in [1.807, 2.05) is 18.2 Å². The summed E-state index contributed by atoms with van der Waals surface area (Å²) in [7, 11) is 3.29. The third-order valence-corrected chi connectivity index (χ3v) is 5.52. The van der Waals surface area contributed by atoms with Crippen LogP contribution in [0.3, 0.4) is 0 Å². The summed E-state index contributed by atoms with van der Waals surface area (Å²) < 4.78 is 33.5. The van der Waals surface area contributed by atoms with Crippen LogP contribution in [0.2, 0.25) is 0 Å². The molecule has 8 heteroatoms. The van der Waals surface area contributed by atoms with Crippen LogP contribution in [-0.2, 0) is 20.3 Å². The molecule has 2 heterocycles. The Bertz CT molecular complexity index is 721. The van der Waals surface area contributed by atoms with Crippen LogP contribution in [0.15, 0.2) is 18.2 Å². The molecule has 3 rings (SSSR count). The van der Waals surface area contributed by atoms with Gasteiger partial charge in [-0.1, -0.05) is 12.1 Å². The van der Waals surface area contributed by atoms with Gasteiger partial charge < -0.3 is 14.4 Å². The number of carbonyl (C=O) groups excluding carboxylic acids is 1. The van der Waals surface area contributed by atoms with Gasteiger partial charge in [0.05, 0.1) is 18.9 Å². The summed E-state index contributed by atoms with van der Waals surface area (Å²) >= 11 is 0. The number of fused-ring (bicyclic) bond motifs is 1. The molecular weight excluding hydrogens is 342 g/mol. The van der Waals surface area contributed by atoms with Crippen molar-refractivity contribution in [2.24, 2.45) is 5.92 Å². The lowest BCUT2D eigenvalue weighted by molar-refractivity contribution is -0.130. The molecular formula is C15H18ClNO5S. The Morgan fingerprint density at radius 1 is 1.39 bits per heavy atom. The highest BCUT2D eigenvalue weighted by molar-refractivity contribution is 8.13. The zero-order valence-corrected chi connectivity index (χ0v) is 14.3. The number of rotatable bonds is 4. The fourth-order valence-corrected chi connectivity index (χ4v) is 4.61. The first-order valence-corrected chi connectivity index (χ1v) is 9.85. The van der Waals surface area contributed by atoms with Crippen LogP contribution in [0.25, 0.3) is 0 Å². The van der Waals surface area contributed by atoms with E-state index in [1.54, 1.807) is 12.0 Å². The molecule has 0 aromatic heterocycles. The maximum atomic E-state index is 12.2. The van der Waals surface area contributed by atoms with Crippen molar-refractivity contribution in [3.8, 4) is 11.5 Å². The minimum atomic E-state index is -3.60. The lowest BCUT2D eigenvalue weighted by atomic mass is 10.0. The Kier molecular flexibility index (Phi) is 4.42. The number of halogens is 1. The fourth-order valence-electron chi connectivity index (χ4n) is 3.29. The SMILES string of the molecule is COc1cccc2c1OCC(N1CC(CS(=O)(=O)Cl)CC1=O)C2. The van der Waals surface area contributed by atoms with Gasteiger partial charge in [-0.25, -0.2) is 8.42 Å². The number of nitrogens with zero attached hydrogens (tertiary/aromatic N) is 1. The molecule has 1 saturated heterocycles. The van der Waals surface area contributed by atoms with E-state index in [9.17, 15) is 13.2 Å². The normalized spacial score (nSPS) is 24.3. The van der Waals surface area contributed by atoms with Gasteiger partial charge in [0.25, 0.3) is 0 Å². The quantitative estimate of drug-likeness (QED) is 0.760. The highest BCUT2D eigenvalue weighted by atomic mass is 35.7. The Morgan fingerprint density at radius 2 is 2.17 bits per heavy atom. The van der Waals surface area contributed by atoms with Crippen LogP contribution in [0.1, 0.15) is 12.0 Å². The summed E-state index contributed by atoms with van der Waals surface area (Å²) in [6, 6.07) is 5.58. The average molecular weight is 360 g/mol. The smallest absolute Gasteiger partial charge is 0.232 e. The Labute approximate surface area is 139 Å². The van der Waals surface area contributed by atoms with E-state index in [4.69, 9.17) is 20.2 Å². The fraction of sp³-hybridized carbons (Fsp3) is 0.533. The first-order chi connectivity index (χ1) is 10.9. The predicted molar refractivity (Wildman–Crippen MR) is 85.4 cm³/mol. The number of methoxy groups -OCH3 is 1. The molecule has 0 spiro atoms. The van der Waals surface area contributed by atoms with Crippen molar-refractivity contribution < 1.29 is 22.7 Å². The van der Waals surface area contributed by atoms with Crippen molar-refractivity contribution in [1.29, 1.82) is 0 Å². The van der Waals surface area contributed by atoms with E-state index in [0.29, 0.717) is 25.3 Å². The van der Waals surface area contributed by atoms with E-state index >= 15 is 0 Å². The number of likely N-dealkylation sites (tertiary alicyclic amines) is 1. The molecule has 23 heavy (non-hydrogen) atoms. The van der Waals surface area contributed by atoms with E-state index in [0.717, 1.165) is 11.3 Å². The van der Waals surface area contributed by atoms with Gasteiger partial charge in [-0.3, -0.25) is 4.79 Å². The molecule has 1 aromatic rings. The molecule has 0 saturated carbocycles. The van der Waals surface area contributed by atoms with Crippen molar-refractivity contribution in [2.45, 2.75) is 18.9 Å². The van der Waals surface area contributed by atoms with Gasteiger partial charge in [-0.15, -0.1) is 0 Å². The minimum absolute atomic E-state index is 0.0461. The topological polar surface area (TPSA) is 72.9 Å².